The van der Waals surface area contributed by atoms with Crippen molar-refractivity contribution in [3.05, 3.63) is 58.7 Å². The van der Waals surface area contributed by atoms with Gasteiger partial charge in [0.2, 0.25) is 5.88 Å². The summed E-state index contributed by atoms with van der Waals surface area (Å²) in [5.41, 5.74) is 2.19. The number of nitrogens with zero attached hydrogens (tertiary/aromatic N) is 1. The summed E-state index contributed by atoms with van der Waals surface area (Å²) < 4.78 is 5.65. The summed E-state index contributed by atoms with van der Waals surface area (Å²) in [4.78, 5) is 4.30. The lowest BCUT2D eigenvalue weighted by Crippen LogP contribution is -2.15. The minimum atomic E-state index is 0.479. The molecule has 0 bridgehead atoms. The van der Waals surface area contributed by atoms with Crippen LogP contribution in [0.2, 0.25) is 5.02 Å². The first kappa shape index (κ1) is 13.4. The minimum absolute atomic E-state index is 0.479. The third-order valence-electron chi connectivity index (χ3n) is 3.25. The summed E-state index contributed by atoms with van der Waals surface area (Å²) in [6.07, 6.45) is 4.38. The number of hydrogen-bond donors (Lipinski definition) is 1. The first-order valence-electron chi connectivity index (χ1n) is 6.86. The molecule has 0 amide bonds. The molecule has 0 unspecified atom stereocenters. The Morgan fingerprint density at radius 1 is 1.20 bits per heavy atom. The molecule has 0 radical (unpaired) electrons. The van der Waals surface area contributed by atoms with Crippen LogP contribution in [-0.4, -0.2) is 11.0 Å². The molecule has 1 heterocycles. The Morgan fingerprint density at radius 3 is 2.70 bits per heavy atom. The van der Waals surface area contributed by atoms with Crippen molar-refractivity contribution in [2.75, 3.05) is 0 Å². The van der Waals surface area contributed by atoms with Crippen LogP contribution in [0.4, 0.5) is 0 Å². The van der Waals surface area contributed by atoms with Crippen molar-refractivity contribution in [2.45, 2.75) is 32.0 Å². The number of aromatic nitrogens is 1. The van der Waals surface area contributed by atoms with Gasteiger partial charge in [0.1, 0.15) is 11.6 Å². The molecule has 0 spiro atoms. The van der Waals surface area contributed by atoms with Crippen molar-refractivity contribution < 1.29 is 4.74 Å². The lowest BCUT2D eigenvalue weighted by atomic mass is 10.2. The molecule has 1 N–H and O–H groups in total. The van der Waals surface area contributed by atoms with Crippen LogP contribution in [0.15, 0.2) is 42.6 Å². The van der Waals surface area contributed by atoms with E-state index in [0.29, 0.717) is 23.6 Å². The highest BCUT2D eigenvalue weighted by atomic mass is 35.5. The average molecular weight is 289 g/mol. The highest BCUT2D eigenvalue weighted by molar-refractivity contribution is 6.31. The van der Waals surface area contributed by atoms with E-state index in [1.54, 1.807) is 0 Å². The third kappa shape index (κ3) is 3.71. The zero-order valence-electron chi connectivity index (χ0n) is 11.2. The molecule has 1 saturated carbocycles. The number of halogens is 1. The van der Waals surface area contributed by atoms with Crippen molar-refractivity contribution in [1.29, 1.82) is 0 Å². The largest absolute Gasteiger partial charge is 0.472 e. The zero-order valence-corrected chi connectivity index (χ0v) is 11.9. The van der Waals surface area contributed by atoms with Gasteiger partial charge in [0.25, 0.3) is 0 Å². The number of rotatable bonds is 6. The predicted molar refractivity (Wildman–Crippen MR) is 79.9 cm³/mol. The molecular weight excluding hydrogens is 272 g/mol. The lowest BCUT2D eigenvalue weighted by Gasteiger charge is -2.09. The minimum Gasteiger partial charge on any atom is -0.472 e. The first-order valence-corrected chi connectivity index (χ1v) is 7.23. The van der Waals surface area contributed by atoms with Gasteiger partial charge in [-0.25, -0.2) is 4.98 Å². The summed E-state index contributed by atoms with van der Waals surface area (Å²) in [5, 5.41) is 4.00. The monoisotopic (exact) mass is 288 g/mol. The van der Waals surface area contributed by atoms with Crippen LogP contribution in [0.3, 0.4) is 0 Å². The molecule has 0 atom stereocenters. The molecule has 0 saturated heterocycles. The molecule has 3 rings (SSSR count). The summed E-state index contributed by atoms with van der Waals surface area (Å²) in [7, 11) is 0. The van der Waals surface area contributed by atoms with Gasteiger partial charge in [-0.1, -0.05) is 41.9 Å². The summed E-state index contributed by atoms with van der Waals surface area (Å²) in [6, 6.07) is 12.6. The Bertz CT molecular complexity index is 570. The van der Waals surface area contributed by atoms with Crippen molar-refractivity contribution >= 4 is 11.6 Å². The molecule has 20 heavy (non-hydrogen) atoms. The van der Waals surface area contributed by atoms with E-state index in [1.165, 1.54) is 12.8 Å². The molecule has 0 aliphatic heterocycles. The van der Waals surface area contributed by atoms with Gasteiger partial charge in [-0.2, -0.15) is 0 Å². The number of hydrogen-bond acceptors (Lipinski definition) is 3. The SMILES string of the molecule is Clc1cc(CNC2CC2)cnc1OCc1ccccc1. The quantitative estimate of drug-likeness (QED) is 0.882. The standard InChI is InChI=1S/C16H17ClN2O/c17-15-8-13(9-18-14-6-7-14)10-19-16(15)20-11-12-4-2-1-3-5-12/h1-5,8,10,14,18H,6-7,9,11H2. The third-order valence-corrected chi connectivity index (χ3v) is 3.53. The van der Waals surface area contributed by atoms with Gasteiger partial charge in [0.15, 0.2) is 0 Å². The smallest absolute Gasteiger partial charge is 0.232 e. The van der Waals surface area contributed by atoms with E-state index in [9.17, 15) is 0 Å². The average Bonchev–Trinajstić information content (AvgIpc) is 3.29. The maximum atomic E-state index is 6.21. The lowest BCUT2D eigenvalue weighted by molar-refractivity contribution is 0.294. The van der Waals surface area contributed by atoms with E-state index in [0.717, 1.165) is 17.7 Å². The van der Waals surface area contributed by atoms with Crippen LogP contribution in [0.25, 0.3) is 0 Å². The predicted octanol–water partition coefficient (Wildman–Crippen LogP) is 3.57. The van der Waals surface area contributed by atoms with Crippen molar-refractivity contribution in [3.8, 4) is 5.88 Å². The van der Waals surface area contributed by atoms with Crippen molar-refractivity contribution in [3.63, 3.8) is 0 Å². The first-order chi connectivity index (χ1) is 9.81. The molecule has 3 nitrogen and oxygen atoms in total. The van der Waals surface area contributed by atoms with Gasteiger partial charge in [0, 0.05) is 18.8 Å². The normalized spacial score (nSPS) is 14.2. The number of benzene rings is 1. The van der Waals surface area contributed by atoms with Gasteiger partial charge < -0.3 is 10.1 Å². The van der Waals surface area contributed by atoms with Gasteiger partial charge in [-0.15, -0.1) is 0 Å². The Labute approximate surface area is 123 Å². The van der Waals surface area contributed by atoms with Crippen molar-refractivity contribution in [1.82, 2.24) is 10.3 Å². The van der Waals surface area contributed by atoms with Crippen LogP contribution >= 0.6 is 11.6 Å². The zero-order chi connectivity index (χ0) is 13.8. The molecule has 1 aromatic carbocycles. The van der Waals surface area contributed by atoms with Crippen LogP contribution < -0.4 is 10.1 Å². The van der Waals surface area contributed by atoms with E-state index in [1.807, 2.05) is 42.6 Å². The molecule has 1 aromatic heterocycles. The Kier molecular flexibility index (Phi) is 4.19. The molecule has 1 fully saturated rings. The van der Waals surface area contributed by atoms with E-state index in [-0.39, 0.29) is 0 Å². The van der Waals surface area contributed by atoms with Crippen LogP contribution in [0.1, 0.15) is 24.0 Å². The highest BCUT2D eigenvalue weighted by Gasteiger charge is 2.20. The number of ether oxygens (including phenoxy) is 1. The van der Waals surface area contributed by atoms with E-state index >= 15 is 0 Å². The second-order valence-corrected chi connectivity index (χ2v) is 5.47. The molecule has 2 aromatic rings. The summed E-state index contributed by atoms with van der Waals surface area (Å²) in [5.74, 6) is 0.491. The van der Waals surface area contributed by atoms with E-state index < -0.39 is 0 Å². The van der Waals surface area contributed by atoms with Crippen LogP contribution in [0, 0.1) is 0 Å². The number of pyridine rings is 1. The van der Waals surface area contributed by atoms with Crippen LogP contribution in [-0.2, 0) is 13.2 Å². The van der Waals surface area contributed by atoms with Gasteiger partial charge in [-0.05, 0) is 30.0 Å². The van der Waals surface area contributed by atoms with Gasteiger partial charge in [0.05, 0.1) is 0 Å². The van der Waals surface area contributed by atoms with Gasteiger partial charge in [-0.3, -0.25) is 0 Å². The van der Waals surface area contributed by atoms with E-state index in [4.69, 9.17) is 16.3 Å². The summed E-state index contributed by atoms with van der Waals surface area (Å²) in [6.45, 7) is 1.30. The van der Waals surface area contributed by atoms with Crippen molar-refractivity contribution in [2.24, 2.45) is 0 Å². The molecule has 1 aliphatic rings. The van der Waals surface area contributed by atoms with Gasteiger partial charge >= 0.3 is 0 Å². The maximum absolute atomic E-state index is 6.21. The summed E-state index contributed by atoms with van der Waals surface area (Å²) >= 11 is 6.21. The fourth-order valence-electron chi connectivity index (χ4n) is 1.94. The second-order valence-electron chi connectivity index (χ2n) is 5.06. The Morgan fingerprint density at radius 2 is 2.00 bits per heavy atom. The Balaban J connectivity index is 1.58. The fourth-order valence-corrected chi connectivity index (χ4v) is 2.19. The molecule has 1 aliphatic carbocycles. The fraction of sp³-hybridized carbons (Fsp3) is 0.312. The highest BCUT2D eigenvalue weighted by Crippen LogP contribution is 2.24. The molecular formula is C16H17ClN2O. The molecule has 4 heteroatoms. The molecule has 104 valence electrons. The Hall–Kier alpha value is -1.58. The van der Waals surface area contributed by atoms with E-state index in [2.05, 4.69) is 10.3 Å². The van der Waals surface area contributed by atoms with Crippen LogP contribution in [0.5, 0.6) is 5.88 Å². The number of nitrogens with one attached hydrogen (secondary N) is 1. The maximum Gasteiger partial charge on any atom is 0.232 e. The second kappa shape index (κ2) is 6.25. The topological polar surface area (TPSA) is 34.2 Å².